The van der Waals surface area contributed by atoms with Crippen molar-refractivity contribution in [1.29, 1.82) is 0 Å². The van der Waals surface area contributed by atoms with Crippen molar-refractivity contribution in [3.63, 3.8) is 0 Å². The van der Waals surface area contributed by atoms with Crippen molar-refractivity contribution in [2.75, 3.05) is 0 Å². The number of aromatic nitrogens is 3. The summed E-state index contributed by atoms with van der Waals surface area (Å²) in [5, 5.41) is 9.20. The van der Waals surface area contributed by atoms with Crippen molar-refractivity contribution in [3.8, 4) is 0 Å². The number of rotatable bonds is 5. The van der Waals surface area contributed by atoms with Crippen molar-refractivity contribution >= 4 is 27.7 Å². The minimum Gasteiger partial charge on any atom is -0.324 e. The van der Waals surface area contributed by atoms with E-state index in [1.807, 2.05) is 18.2 Å². The molecule has 6 heteroatoms. The maximum Gasteiger partial charge on any atom is 0.191 e. The highest BCUT2D eigenvalue weighted by atomic mass is 79.9. The Bertz CT molecular complexity index is 527. The zero-order valence-electron chi connectivity index (χ0n) is 10.1. The number of nitrogens with two attached hydrogens (primary N) is 1. The lowest BCUT2D eigenvalue weighted by Gasteiger charge is -2.06. The molecule has 18 heavy (non-hydrogen) atoms. The van der Waals surface area contributed by atoms with Crippen LogP contribution in [-0.4, -0.2) is 14.8 Å². The van der Waals surface area contributed by atoms with Gasteiger partial charge in [0.15, 0.2) is 5.16 Å². The third-order valence-corrected chi connectivity index (χ3v) is 4.40. The molecule has 1 aromatic heterocycles. The summed E-state index contributed by atoms with van der Waals surface area (Å²) in [7, 11) is 0. The highest BCUT2D eigenvalue weighted by Crippen LogP contribution is 2.26. The van der Waals surface area contributed by atoms with Gasteiger partial charge < -0.3 is 10.3 Å². The smallest absolute Gasteiger partial charge is 0.191 e. The molecule has 2 rings (SSSR count). The Morgan fingerprint density at radius 3 is 2.78 bits per heavy atom. The number of thioether (sulfide) groups is 1. The molecular formula is C12H15BrN4S. The first-order chi connectivity index (χ1) is 8.76. The molecule has 0 radical (unpaired) electrons. The molecule has 0 spiro atoms. The fourth-order valence-electron chi connectivity index (χ4n) is 1.65. The number of halogens is 1. The fraction of sp³-hybridized carbons (Fsp3) is 0.333. The maximum atomic E-state index is 5.63. The number of hydrogen-bond acceptors (Lipinski definition) is 4. The predicted molar refractivity (Wildman–Crippen MR) is 77.3 cm³/mol. The molecule has 0 saturated carbocycles. The van der Waals surface area contributed by atoms with Crippen LogP contribution in [-0.2, 0) is 18.8 Å². The SMILES string of the molecule is CCn1c(CN)nnc1SCc1ccccc1Br. The average Bonchev–Trinajstić information content (AvgIpc) is 2.79. The highest BCUT2D eigenvalue weighted by molar-refractivity contribution is 9.10. The minimum atomic E-state index is 0.427. The van der Waals surface area contributed by atoms with Gasteiger partial charge in [0.25, 0.3) is 0 Å². The summed E-state index contributed by atoms with van der Waals surface area (Å²) in [6.45, 7) is 3.35. The quantitative estimate of drug-likeness (QED) is 0.858. The van der Waals surface area contributed by atoms with Crippen LogP contribution in [0.1, 0.15) is 18.3 Å². The van der Waals surface area contributed by atoms with Gasteiger partial charge in [-0.3, -0.25) is 0 Å². The molecule has 2 aromatic rings. The number of nitrogens with zero attached hydrogens (tertiary/aromatic N) is 3. The van der Waals surface area contributed by atoms with E-state index in [1.165, 1.54) is 5.56 Å². The van der Waals surface area contributed by atoms with E-state index in [0.29, 0.717) is 6.54 Å². The van der Waals surface area contributed by atoms with Gasteiger partial charge >= 0.3 is 0 Å². The van der Waals surface area contributed by atoms with Crippen LogP contribution in [0.25, 0.3) is 0 Å². The van der Waals surface area contributed by atoms with E-state index in [2.05, 4.69) is 43.7 Å². The lowest BCUT2D eigenvalue weighted by Crippen LogP contribution is -2.08. The first kappa shape index (κ1) is 13.6. The third kappa shape index (κ3) is 2.93. The molecular weight excluding hydrogens is 312 g/mol. The lowest BCUT2D eigenvalue weighted by atomic mass is 10.2. The molecule has 1 heterocycles. The van der Waals surface area contributed by atoms with Crippen LogP contribution in [0.3, 0.4) is 0 Å². The predicted octanol–water partition coefficient (Wildman–Crippen LogP) is 2.81. The molecule has 0 aliphatic rings. The third-order valence-electron chi connectivity index (χ3n) is 2.61. The molecule has 0 fully saturated rings. The van der Waals surface area contributed by atoms with Gasteiger partial charge in [0.2, 0.25) is 0 Å². The molecule has 1 aromatic carbocycles. The minimum absolute atomic E-state index is 0.427. The van der Waals surface area contributed by atoms with Crippen molar-refractivity contribution in [1.82, 2.24) is 14.8 Å². The van der Waals surface area contributed by atoms with Crippen LogP contribution in [0.4, 0.5) is 0 Å². The van der Waals surface area contributed by atoms with Gasteiger partial charge in [-0.1, -0.05) is 45.9 Å². The molecule has 0 bridgehead atoms. The molecule has 0 aliphatic heterocycles. The van der Waals surface area contributed by atoms with E-state index in [-0.39, 0.29) is 0 Å². The van der Waals surface area contributed by atoms with Crippen molar-refractivity contribution in [3.05, 3.63) is 40.1 Å². The first-order valence-electron chi connectivity index (χ1n) is 5.74. The standard InChI is InChI=1S/C12H15BrN4S/c1-2-17-11(7-14)15-16-12(17)18-8-9-5-3-4-6-10(9)13/h3-6H,2,7-8,14H2,1H3. The molecule has 0 aliphatic carbocycles. The summed E-state index contributed by atoms with van der Waals surface area (Å²) in [6.07, 6.45) is 0. The van der Waals surface area contributed by atoms with Gasteiger partial charge in [0.05, 0.1) is 6.54 Å². The normalized spacial score (nSPS) is 10.8. The van der Waals surface area contributed by atoms with Gasteiger partial charge in [-0.25, -0.2) is 0 Å². The van der Waals surface area contributed by atoms with Gasteiger partial charge in [0, 0.05) is 16.8 Å². The summed E-state index contributed by atoms with van der Waals surface area (Å²) < 4.78 is 3.18. The monoisotopic (exact) mass is 326 g/mol. The number of hydrogen-bond donors (Lipinski definition) is 1. The largest absolute Gasteiger partial charge is 0.324 e. The van der Waals surface area contributed by atoms with Crippen LogP contribution in [0, 0.1) is 0 Å². The van der Waals surface area contributed by atoms with Crippen molar-refractivity contribution in [2.24, 2.45) is 5.73 Å². The van der Waals surface area contributed by atoms with Crippen molar-refractivity contribution < 1.29 is 0 Å². The second-order valence-corrected chi connectivity index (χ2v) is 5.52. The van der Waals surface area contributed by atoms with Crippen LogP contribution >= 0.6 is 27.7 Å². The Morgan fingerprint density at radius 2 is 2.11 bits per heavy atom. The maximum absolute atomic E-state index is 5.63. The Labute approximate surface area is 119 Å². The highest BCUT2D eigenvalue weighted by Gasteiger charge is 2.10. The number of benzene rings is 1. The summed E-state index contributed by atoms with van der Waals surface area (Å²) >= 11 is 5.23. The van der Waals surface area contributed by atoms with E-state index in [4.69, 9.17) is 5.73 Å². The Kier molecular flexibility index (Phi) is 4.79. The summed E-state index contributed by atoms with van der Waals surface area (Å²) in [6, 6.07) is 8.20. The van der Waals surface area contributed by atoms with E-state index in [0.717, 1.165) is 27.8 Å². The zero-order valence-corrected chi connectivity index (χ0v) is 12.5. The van der Waals surface area contributed by atoms with E-state index in [9.17, 15) is 0 Å². The molecule has 0 atom stereocenters. The fourth-order valence-corrected chi connectivity index (χ4v) is 3.29. The van der Waals surface area contributed by atoms with Gasteiger partial charge in [-0.05, 0) is 18.6 Å². The molecule has 2 N–H and O–H groups in total. The summed E-state index contributed by atoms with van der Waals surface area (Å²) in [5.41, 5.74) is 6.88. The second-order valence-electron chi connectivity index (χ2n) is 3.73. The van der Waals surface area contributed by atoms with E-state index < -0.39 is 0 Å². The van der Waals surface area contributed by atoms with Crippen LogP contribution in [0.15, 0.2) is 33.9 Å². The van der Waals surface area contributed by atoms with E-state index >= 15 is 0 Å². The Morgan fingerprint density at radius 1 is 1.33 bits per heavy atom. The van der Waals surface area contributed by atoms with Gasteiger partial charge in [-0.2, -0.15) is 0 Å². The van der Waals surface area contributed by atoms with E-state index in [1.54, 1.807) is 11.8 Å². The second kappa shape index (κ2) is 6.36. The summed E-state index contributed by atoms with van der Waals surface area (Å²) in [4.78, 5) is 0. The molecule has 96 valence electrons. The van der Waals surface area contributed by atoms with Crippen LogP contribution in [0.2, 0.25) is 0 Å². The zero-order chi connectivity index (χ0) is 13.0. The Balaban J connectivity index is 2.11. The Hall–Kier alpha value is -0.850. The van der Waals surface area contributed by atoms with Gasteiger partial charge in [-0.15, -0.1) is 10.2 Å². The van der Waals surface area contributed by atoms with Gasteiger partial charge in [0.1, 0.15) is 5.82 Å². The lowest BCUT2D eigenvalue weighted by molar-refractivity contribution is 0.643. The van der Waals surface area contributed by atoms with Crippen molar-refractivity contribution in [2.45, 2.75) is 30.9 Å². The molecule has 0 amide bonds. The summed E-state index contributed by atoms with van der Waals surface area (Å²) in [5.74, 6) is 1.71. The first-order valence-corrected chi connectivity index (χ1v) is 7.52. The van der Waals surface area contributed by atoms with Crippen LogP contribution < -0.4 is 5.73 Å². The molecule has 4 nitrogen and oxygen atoms in total. The molecule has 0 unspecified atom stereocenters. The van der Waals surface area contributed by atoms with Crippen LogP contribution in [0.5, 0.6) is 0 Å². The average molecular weight is 327 g/mol. The molecule has 0 saturated heterocycles. The topological polar surface area (TPSA) is 56.7 Å².